The van der Waals surface area contributed by atoms with Crippen LogP contribution in [0.5, 0.6) is 0 Å². The molecule has 0 aliphatic heterocycles. The van der Waals surface area contributed by atoms with E-state index in [1.165, 1.54) is 0 Å². The Morgan fingerprint density at radius 2 is 1.50 bits per heavy atom. The van der Waals surface area contributed by atoms with Crippen LogP contribution in [0.15, 0.2) is 18.3 Å². The van der Waals surface area contributed by atoms with Gasteiger partial charge in [-0.25, -0.2) is 4.98 Å². The number of anilines is 1. The molecule has 0 aliphatic rings. The minimum atomic E-state index is -5.54. The van der Waals surface area contributed by atoms with Crippen molar-refractivity contribution in [3.63, 3.8) is 0 Å². The highest BCUT2D eigenvalue weighted by atomic mass is 127. The van der Waals surface area contributed by atoms with Gasteiger partial charge in [-0.1, -0.05) is 0 Å². The van der Waals surface area contributed by atoms with E-state index in [1.807, 2.05) is 0 Å². The summed E-state index contributed by atoms with van der Waals surface area (Å²) in [4.78, 5) is 1.78. The van der Waals surface area contributed by atoms with Crippen LogP contribution in [-0.4, -0.2) is 17.6 Å². The van der Waals surface area contributed by atoms with Crippen molar-refractivity contribution >= 4 is 28.3 Å². The van der Waals surface area contributed by atoms with Crippen LogP contribution in [0.1, 0.15) is 0 Å². The van der Waals surface area contributed by atoms with Crippen LogP contribution in [0, 0.1) is 3.70 Å². The molecule has 0 N–H and O–H groups in total. The van der Waals surface area contributed by atoms with Crippen LogP contribution in [0.3, 0.4) is 0 Å². The number of rotatable bonds is 1. The van der Waals surface area contributed by atoms with Crippen LogP contribution in [0.25, 0.3) is 0 Å². The Balaban J connectivity index is 3.18. The molecule has 16 heavy (non-hydrogen) atoms. The molecule has 1 rings (SSSR count). The summed E-state index contributed by atoms with van der Waals surface area (Å²) in [6.45, 7) is 0. The predicted octanol–water partition coefficient (Wildman–Crippen LogP) is 3.53. The van der Waals surface area contributed by atoms with Crippen molar-refractivity contribution in [1.82, 2.24) is 4.98 Å². The number of alkyl halides is 6. The molecule has 0 aromatic carbocycles. The van der Waals surface area contributed by atoms with Crippen molar-refractivity contribution < 1.29 is 26.3 Å². The van der Waals surface area contributed by atoms with Crippen LogP contribution in [-0.2, 0) is 0 Å². The van der Waals surface area contributed by atoms with Crippen molar-refractivity contribution in [3.05, 3.63) is 22.0 Å². The first-order valence-corrected chi connectivity index (χ1v) is 4.75. The largest absolute Gasteiger partial charge is 0.491 e. The summed E-state index contributed by atoms with van der Waals surface area (Å²) in [5.74, 6) is 0. The Morgan fingerprint density at radius 3 is 1.81 bits per heavy atom. The Hall–Kier alpha value is -0.740. The Bertz CT molecular complexity index is 343. The van der Waals surface area contributed by atoms with E-state index in [0.717, 1.165) is 6.07 Å². The molecule has 0 unspecified atom stereocenters. The van der Waals surface area contributed by atoms with Gasteiger partial charge in [0.2, 0.25) is 0 Å². The smallest absolute Gasteiger partial charge is 0.248 e. The number of aromatic nitrogens is 1. The second-order valence-corrected chi connectivity index (χ2v) is 3.72. The lowest BCUT2D eigenvalue weighted by molar-refractivity contribution is -0.226. The van der Waals surface area contributed by atoms with E-state index in [-0.39, 0.29) is 0 Å². The third-order valence-corrected chi connectivity index (χ3v) is 2.12. The van der Waals surface area contributed by atoms with Crippen molar-refractivity contribution in [1.29, 1.82) is 0 Å². The summed E-state index contributed by atoms with van der Waals surface area (Å²) < 4.78 is 73.4. The highest BCUT2D eigenvalue weighted by molar-refractivity contribution is 14.1. The summed E-state index contributed by atoms with van der Waals surface area (Å²) in [5.41, 5.74) is -1.07. The predicted molar refractivity (Wildman–Crippen MR) is 51.5 cm³/mol. The fourth-order valence-electron chi connectivity index (χ4n) is 0.937. The summed E-state index contributed by atoms with van der Waals surface area (Å²) in [7, 11) is 0. The molecule has 90 valence electrons. The first kappa shape index (κ1) is 13.3. The SMILES string of the molecule is FC(F)(F)N(c1ccc(I)nc1)C(F)(F)F. The minimum Gasteiger partial charge on any atom is -0.248 e. The fourth-order valence-corrected chi connectivity index (χ4v) is 1.26. The summed E-state index contributed by atoms with van der Waals surface area (Å²) in [6.07, 6.45) is -10.6. The number of hydrogen-bond acceptors (Lipinski definition) is 2. The molecule has 0 bridgehead atoms. The van der Waals surface area contributed by atoms with Gasteiger partial charge in [-0.05, 0) is 34.7 Å². The van der Waals surface area contributed by atoms with Gasteiger partial charge in [-0.3, -0.25) is 0 Å². The Morgan fingerprint density at radius 1 is 1.00 bits per heavy atom. The zero-order chi connectivity index (χ0) is 12.6. The van der Waals surface area contributed by atoms with Crippen molar-refractivity contribution in [2.24, 2.45) is 0 Å². The van der Waals surface area contributed by atoms with E-state index >= 15 is 0 Å². The molecule has 0 saturated carbocycles. The zero-order valence-corrected chi connectivity index (χ0v) is 9.43. The van der Waals surface area contributed by atoms with Crippen molar-refractivity contribution in [3.8, 4) is 0 Å². The summed E-state index contributed by atoms with van der Waals surface area (Å²) in [5, 5.41) is 0. The average Bonchev–Trinajstić information content (AvgIpc) is 2.03. The molecular weight excluding hydrogens is 353 g/mol. The highest BCUT2D eigenvalue weighted by Crippen LogP contribution is 2.37. The van der Waals surface area contributed by atoms with Gasteiger partial charge >= 0.3 is 12.6 Å². The number of halogens is 7. The van der Waals surface area contributed by atoms with Crippen LogP contribution < -0.4 is 4.90 Å². The van der Waals surface area contributed by atoms with Gasteiger partial charge in [0, 0.05) is 0 Å². The van der Waals surface area contributed by atoms with E-state index in [2.05, 4.69) is 4.98 Å². The monoisotopic (exact) mass is 356 g/mol. The molecule has 1 heterocycles. The molecule has 1 aromatic heterocycles. The van der Waals surface area contributed by atoms with Gasteiger partial charge in [-0.15, -0.1) is 26.3 Å². The maximum atomic E-state index is 12.2. The molecular formula is C7H3F6IN2. The van der Waals surface area contributed by atoms with Crippen molar-refractivity contribution in [2.75, 3.05) is 4.90 Å². The van der Waals surface area contributed by atoms with Gasteiger partial charge in [0.1, 0.15) is 3.70 Å². The van der Waals surface area contributed by atoms with Crippen LogP contribution in [0.4, 0.5) is 32.0 Å². The van der Waals surface area contributed by atoms with Gasteiger partial charge in [0.15, 0.2) is 0 Å². The highest BCUT2D eigenvalue weighted by Gasteiger charge is 2.54. The third-order valence-electron chi connectivity index (χ3n) is 1.48. The molecule has 0 fully saturated rings. The minimum absolute atomic E-state index is 0.297. The molecule has 9 heteroatoms. The molecule has 0 amide bonds. The van der Waals surface area contributed by atoms with E-state index < -0.39 is 23.2 Å². The average molecular weight is 356 g/mol. The number of pyridine rings is 1. The quantitative estimate of drug-likeness (QED) is 0.331. The zero-order valence-electron chi connectivity index (χ0n) is 7.27. The van der Waals surface area contributed by atoms with Gasteiger partial charge in [0.25, 0.3) is 0 Å². The summed E-state index contributed by atoms with van der Waals surface area (Å²) in [6, 6.07) is 1.76. The molecule has 0 aliphatic carbocycles. The second-order valence-electron chi connectivity index (χ2n) is 2.61. The van der Waals surface area contributed by atoms with Gasteiger partial charge in [0.05, 0.1) is 11.9 Å². The van der Waals surface area contributed by atoms with E-state index in [4.69, 9.17) is 0 Å². The lowest BCUT2D eigenvalue weighted by Crippen LogP contribution is -2.48. The maximum absolute atomic E-state index is 12.2. The van der Waals surface area contributed by atoms with E-state index in [0.29, 0.717) is 16.0 Å². The van der Waals surface area contributed by atoms with Gasteiger partial charge in [-0.2, -0.15) is 4.90 Å². The third kappa shape index (κ3) is 3.12. The molecule has 2 nitrogen and oxygen atoms in total. The van der Waals surface area contributed by atoms with E-state index in [9.17, 15) is 26.3 Å². The first-order valence-electron chi connectivity index (χ1n) is 3.67. The van der Waals surface area contributed by atoms with E-state index in [1.54, 1.807) is 22.6 Å². The fraction of sp³-hybridized carbons (Fsp3) is 0.286. The Labute approximate surface area is 99.4 Å². The van der Waals surface area contributed by atoms with Crippen LogP contribution >= 0.6 is 22.6 Å². The van der Waals surface area contributed by atoms with Gasteiger partial charge < -0.3 is 0 Å². The standard InChI is InChI=1S/C7H3F6IN2/c8-6(9,10)16(7(11,12)13)4-1-2-5(14)15-3-4/h1-3H. The normalized spacial score (nSPS) is 12.7. The van der Waals surface area contributed by atoms with Crippen LogP contribution in [0.2, 0.25) is 0 Å². The molecule has 0 atom stereocenters. The topological polar surface area (TPSA) is 16.1 Å². The number of nitrogens with zero attached hydrogens (tertiary/aromatic N) is 2. The summed E-state index contributed by atoms with van der Waals surface area (Å²) >= 11 is 1.67. The number of hydrogen-bond donors (Lipinski definition) is 0. The Kier molecular flexibility index (Phi) is 3.55. The maximum Gasteiger partial charge on any atom is 0.491 e. The molecule has 0 radical (unpaired) electrons. The first-order chi connectivity index (χ1) is 7.12. The molecule has 0 saturated heterocycles. The lowest BCUT2D eigenvalue weighted by atomic mass is 10.4. The second kappa shape index (κ2) is 4.26. The van der Waals surface area contributed by atoms with Crippen molar-refractivity contribution in [2.45, 2.75) is 12.6 Å². The molecule has 0 spiro atoms. The molecule has 1 aromatic rings. The lowest BCUT2D eigenvalue weighted by Gasteiger charge is -2.28.